The lowest BCUT2D eigenvalue weighted by Gasteiger charge is -2.15. The van der Waals surface area contributed by atoms with Gasteiger partial charge in [0.15, 0.2) is 17.5 Å². The summed E-state index contributed by atoms with van der Waals surface area (Å²) >= 11 is 0. The second kappa shape index (κ2) is 11.5. The molecule has 1 atom stereocenters. The fourth-order valence-corrected chi connectivity index (χ4v) is 7.60. The van der Waals surface area contributed by atoms with Crippen molar-refractivity contribution in [2.75, 3.05) is 0 Å². The van der Waals surface area contributed by atoms with E-state index in [1.54, 1.807) is 0 Å². The van der Waals surface area contributed by atoms with Crippen molar-refractivity contribution in [2.45, 2.75) is 5.92 Å². The summed E-state index contributed by atoms with van der Waals surface area (Å²) in [5, 5.41) is 2.24. The average molecular weight is 640 g/mol. The van der Waals surface area contributed by atoms with Gasteiger partial charge in [-0.1, -0.05) is 158 Å². The predicted molar refractivity (Wildman–Crippen MR) is 202 cm³/mol. The molecule has 9 aromatic rings. The van der Waals surface area contributed by atoms with Crippen LogP contribution in [0.1, 0.15) is 22.6 Å². The van der Waals surface area contributed by atoms with Gasteiger partial charge < -0.3 is 4.42 Å². The molecule has 4 nitrogen and oxygen atoms in total. The molecule has 2 heterocycles. The summed E-state index contributed by atoms with van der Waals surface area (Å²) in [4.78, 5) is 15.4. The Morgan fingerprint density at radius 1 is 0.380 bits per heavy atom. The quantitative estimate of drug-likeness (QED) is 0.188. The maximum Gasteiger partial charge on any atom is 0.164 e. The van der Waals surface area contributed by atoms with Crippen molar-refractivity contribution >= 4 is 21.9 Å². The molecule has 1 aliphatic rings. The van der Waals surface area contributed by atoms with E-state index in [9.17, 15) is 0 Å². The van der Waals surface area contributed by atoms with Gasteiger partial charge >= 0.3 is 0 Å². The molecule has 0 bridgehead atoms. The molecular formula is C46H29N3O. The molecule has 0 saturated heterocycles. The second-order valence-electron chi connectivity index (χ2n) is 12.7. The Bertz CT molecular complexity index is 2700. The van der Waals surface area contributed by atoms with Crippen molar-refractivity contribution in [3.8, 4) is 56.4 Å². The highest BCUT2D eigenvalue weighted by molar-refractivity contribution is 6.12. The summed E-state index contributed by atoms with van der Waals surface area (Å²) in [6, 6.07) is 59.2. The van der Waals surface area contributed by atoms with E-state index >= 15 is 0 Å². The smallest absolute Gasteiger partial charge is 0.164 e. The van der Waals surface area contributed by atoms with E-state index in [2.05, 4.69) is 133 Å². The van der Waals surface area contributed by atoms with E-state index in [1.807, 2.05) is 36.4 Å². The minimum Gasteiger partial charge on any atom is -0.456 e. The summed E-state index contributed by atoms with van der Waals surface area (Å²) in [7, 11) is 0. The molecule has 50 heavy (non-hydrogen) atoms. The number of aromatic nitrogens is 3. The van der Waals surface area contributed by atoms with Gasteiger partial charge in [-0.3, -0.25) is 0 Å². The molecule has 2 aromatic heterocycles. The first kappa shape index (κ1) is 28.4. The van der Waals surface area contributed by atoms with Crippen molar-refractivity contribution < 1.29 is 4.42 Å². The number of nitrogens with zero attached hydrogens (tertiary/aromatic N) is 3. The number of hydrogen-bond acceptors (Lipinski definition) is 4. The van der Waals surface area contributed by atoms with E-state index in [0.29, 0.717) is 17.5 Å². The predicted octanol–water partition coefficient (Wildman–Crippen LogP) is 11.6. The molecular weight excluding hydrogens is 611 g/mol. The molecule has 1 aliphatic carbocycles. The monoisotopic (exact) mass is 639 g/mol. The van der Waals surface area contributed by atoms with Crippen molar-refractivity contribution in [1.29, 1.82) is 0 Å². The Morgan fingerprint density at radius 3 is 1.76 bits per heavy atom. The summed E-state index contributed by atoms with van der Waals surface area (Å²) < 4.78 is 6.18. The number of rotatable bonds is 5. The summed E-state index contributed by atoms with van der Waals surface area (Å²) in [5.41, 5.74) is 13.1. The van der Waals surface area contributed by atoms with E-state index in [4.69, 9.17) is 19.4 Å². The molecule has 0 spiro atoms. The van der Waals surface area contributed by atoms with Crippen molar-refractivity contribution in [1.82, 2.24) is 15.0 Å². The molecule has 0 fully saturated rings. The first-order valence-corrected chi connectivity index (χ1v) is 16.9. The van der Waals surface area contributed by atoms with Crippen LogP contribution in [-0.4, -0.2) is 15.0 Å². The standard InChI is InChI=1S/C46H29N3O/c1-3-13-30(14-4-1)41-34-17-7-8-18-35(34)42-37(41)21-11-22-38(42)46-48-44(31-15-5-2-6-16-31)47-45(49-46)32-27-25-29(26-28-32)33-20-12-24-40-43(33)36-19-9-10-23-39(36)50-40/h1-28,41H. The van der Waals surface area contributed by atoms with Crippen LogP contribution < -0.4 is 0 Å². The maximum absolute atomic E-state index is 6.18. The van der Waals surface area contributed by atoms with Gasteiger partial charge in [0.2, 0.25) is 0 Å². The van der Waals surface area contributed by atoms with Crippen LogP contribution in [0.15, 0.2) is 174 Å². The Kier molecular flexibility index (Phi) is 6.53. The van der Waals surface area contributed by atoms with Gasteiger partial charge in [-0.05, 0) is 51.1 Å². The Labute approximate surface area is 289 Å². The van der Waals surface area contributed by atoms with Crippen LogP contribution in [0.25, 0.3) is 78.4 Å². The topological polar surface area (TPSA) is 51.8 Å². The van der Waals surface area contributed by atoms with E-state index in [0.717, 1.165) is 49.8 Å². The lowest BCUT2D eigenvalue weighted by Crippen LogP contribution is -2.02. The van der Waals surface area contributed by atoms with Gasteiger partial charge in [-0.25, -0.2) is 15.0 Å². The van der Waals surface area contributed by atoms with Crippen LogP contribution in [0, 0.1) is 0 Å². The van der Waals surface area contributed by atoms with Crippen LogP contribution in [0.5, 0.6) is 0 Å². The van der Waals surface area contributed by atoms with Crippen LogP contribution in [0.2, 0.25) is 0 Å². The fourth-order valence-electron chi connectivity index (χ4n) is 7.60. The van der Waals surface area contributed by atoms with E-state index in [1.165, 1.54) is 27.8 Å². The van der Waals surface area contributed by atoms with Crippen LogP contribution in [-0.2, 0) is 0 Å². The highest BCUT2D eigenvalue weighted by atomic mass is 16.3. The third-order valence-electron chi connectivity index (χ3n) is 9.85. The maximum atomic E-state index is 6.18. The molecule has 234 valence electrons. The number of benzene rings is 7. The molecule has 0 N–H and O–H groups in total. The summed E-state index contributed by atoms with van der Waals surface area (Å²) in [5.74, 6) is 2.08. The number of furan rings is 1. The Balaban J connectivity index is 1.13. The highest BCUT2D eigenvalue weighted by Crippen LogP contribution is 2.51. The second-order valence-corrected chi connectivity index (χ2v) is 12.7. The third kappa shape index (κ3) is 4.57. The molecule has 4 heteroatoms. The normalized spacial score (nSPS) is 13.4. The number of hydrogen-bond donors (Lipinski definition) is 0. The van der Waals surface area contributed by atoms with Gasteiger partial charge in [-0.2, -0.15) is 0 Å². The molecule has 0 radical (unpaired) electrons. The van der Waals surface area contributed by atoms with Crippen LogP contribution in [0.4, 0.5) is 0 Å². The zero-order chi connectivity index (χ0) is 33.0. The molecule has 0 amide bonds. The summed E-state index contributed by atoms with van der Waals surface area (Å²) in [6.07, 6.45) is 0. The van der Waals surface area contributed by atoms with Gasteiger partial charge in [0.05, 0.1) is 0 Å². The largest absolute Gasteiger partial charge is 0.456 e. The van der Waals surface area contributed by atoms with Crippen LogP contribution >= 0.6 is 0 Å². The van der Waals surface area contributed by atoms with E-state index in [-0.39, 0.29) is 5.92 Å². The molecule has 7 aromatic carbocycles. The molecule has 0 aliphatic heterocycles. The van der Waals surface area contributed by atoms with Gasteiger partial charge in [0.25, 0.3) is 0 Å². The third-order valence-corrected chi connectivity index (χ3v) is 9.85. The SMILES string of the molecule is c1ccc(-c2nc(-c3ccc(-c4cccc5oc6ccccc6c45)cc3)nc(-c3cccc4c3-c3ccccc3C4c3ccccc3)n2)cc1. The summed E-state index contributed by atoms with van der Waals surface area (Å²) in [6.45, 7) is 0. The number of para-hydroxylation sites is 1. The molecule has 10 rings (SSSR count). The lowest BCUT2D eigenvalue weighted by atomic mass is 9.89. The Morgan fingerprint density at radius 2 is 0.940 bits per heavy atom. The average Bonchev–Trinajstić information content (AvgIpc) is 3.75. The zero-order valence-corrected chi connectivity index (χ0v) is 27.0. The van der Waals surface area contributed by atoms with Gasteiger partial charge in [-0.15, -0.1) is 0 Å². The zero-order valence-electron chi connectivity index (χ0n) is 27.0. The highest BCUT2D eigenvalue weighted by Gasteiger charge is 2.32. The first-order valence-electron chi connectivity index (χ1n) is 16.9. The number of fused-ring (bicyclic) bond motifs is 6. The molecule has 1 unspecified atom stereocenters. The minimum atomic E-state index is 0.140. The van der Waals surface area contributed by atoms with Crippen LogP contribution in [0.3, 0.4) is 0 Å². The van der Waals surface area contributed by atoms with Gasteiger partial charge in [0, 0.05) is 33.4 Å². The fraction of sp³-hybridized carbons (Fsp3) is 0.0217. The van der Waals surface area contributed by atoms with Crippen molar-refractivity contribution in [2.24, 2.45) is 0 Å². The van der Waals surface area contributed by atoms with E-state index < -0.39 is 0 Å². The first-order chi connectivity index (χ1) is 24.8. The Hall–Kier alpha value is -6.65. The van der Waals surface area contributed by atoms with Gasteiger partial charge in [0.1, 0.15) is 11.2 Å². The minimum absolute atomic E-state index is 0.140. The lowest BCUT2D eigenvalue weighted by molar-refractivity contribution is 0.669. The molecule has 0 saturated carbocycles. The van der Waals surface area contributed by atoms with Crippen molar-refractivity contribution in [3.63, 3.8) is 0 Å². The van der Waals surface area contributed by atoms with Crippen molar-refractivity contribution in [3.05, 3.63) is 187 Å².